The van der Waals surface area contributed by atoms with Crippen molar-refractivity contribution in [3.63, 3.8) is 0 Å². The van der Waals surface area contributed by atoms with Gasteiger partial charge in [0, 0.05) is 5.39 Å². The maximum absolute atomic E-state index is 8.90. The smallest absolute Gasteiger partial charge is 0.138 e. The summed E-state index contributed by atoms with van der Waals surface area (Å²) in [6, 6.07) is 11.9. The van der Waals surface area contributed by atoms with E-state index in [9.17, 15) is 0 Å². The molecule has 0 fully saturated rings. The molecule has 2 nitrogen and oxygen atoms in total. The molecule has 0 aliphatic heterocycles. The lowest BCUT2D eigenvalue weighted by Crippen LogP contribution is -1.90. The highest BCUT2D eigenvalue weighted by atomic mass is 35.5. The number of ether oxygens (including phenoxy) is 1. The van der Waals surface area contributed by atoms with Gasteiger partial charge in [0.1, 0.15) is 5.75 Å². The summed E-state index contributed by atoms with van der Waals surface area (Å²) in [4.78, 5) is 0. The van der Waals surface area contributed by atoms with Crippen molar-refractivity contribution in [2.24, 2.45) is 0 Å². The molecule has 0 aromatic heterocycles. The minimum absolute atomic E-state index is 0.111. The average molecular weight is 246 g/mol. The first kappa shape index (κ1) is 11.8. The number of benzene rings is 2. The third-order valence-corrected chi connectivity index (χ3v) is 3.25. The number of hydrogen-bond donors (Lipinski definition) is 0. The summed E-state index contributed by atoms with van der Waals surface area (Å²) in [5.74, 6) is 0.556. The lowest BCUT2D eigenvalue weighted by atomic mass is 9.99. The first-order valence-corrected chi connectivity index (χ1v) is 5.71. The van der Waals surface area contributed by atoms with Gasteiger partial charge in [-0.25, -0.2) is 0 Å². The first-order chi connectivity index (χ1) is 8.17. The van der Waals surface area contributed by atoms with Crippen molar-refractivity contribution >= 4 is 22.4 Å². The summed E-state index contributed by atoms with van der Waals surface area (Å²) < 4.78 is 5.17. The molecule has 0 aliphatic rings. The predicted octanol–water partition coefficient (Wildman–Crippen LogP) is 4.13. The molecule has 2 aromatic carbocycles. The van der Waals surface area contributed by atoms with E-state index in [1.165, 1.54) is 0 Å². The Balaban J connectivity index is 2.62. The quantitative estimate of drug-likeness (QED) is 0.797. The summed E-state index contributed by atoms with van der Waals surface area (Å²) in [5.41, 5.74) is 1.00. The van der Waals surface area contributed by atoms with Crippen LogP contribution in [0.25, 0.3) is 10.8 Å². The van der Waals surface area contributed by atoms with Gasteiger partial charge in [-0.05, 0) is 30.0 Å². The van der Waals surface area contributed by atoms with Crippen molar-refractivity contribution < 1.29 is 4.74 Å². The first-order valence-electron chi connectivity index (χ1n) is 5.33. The average Bonchev–Trinajstić information content (AvgIpc) is 2.38. The fourth-order valence-electron chi connectivity index (χ4n) is 1.79. The van der Waals surface area contributed by atoms with Gasteiger partial charge in [0.25, 0.3) is 0 Å². The van der Waals surface area contributed by atoms with E-state index in [1.807, 2.05) is 37.3 Å². The zero-order valence-corrected chi connectivity index (χ0v) is 10.5. The Labute approximate surface area is 105 Å². The Morgan fingerprint density at radius 1 is 1.29 bits per heavy atom. The van der Waals surface area contributed by atoms with Crippen molar-refractivity contribution in [1.82, 2.24) is 0 Å². The molecule has 0 N–H and O–H groups in total. The van der Waals surface area contributed by atoms with E-state index in [4.69, 9.17) is 21.6 Å². The maximum atomic E-state index is 8.90. The van der Waals surface area contributed by atoms with Crippen LogP contribution < -0.4 is 4.74 Å². The molecule has 0 heterocycles. The molecular formula is C14H12ClNO. The van der Waals surface area contributed by atoms with Crippen molar-refractivity contribution in [2.75, 3.05) is 7.11 Å². The van der Waals surface area contributed by atoms with Gasteiger partial charge < -0.3 is 4.74 Å². The summed E-state index contributed by atoms with van der Waals surface area (Å²) in [6.07, 6.45) is 0. The fourth-order valence-corrected chi connectivity index (χ4v) is 2.10. The zero-order chi connectivity index (χ0) is 12.4. The monoisotopic (exact) mass is 245 g/mol. The van der Waals surface area contributed by atoms with Gasteiger partial charge in [0.05, 0.1) is 24.1 Å². The molecule has 0 spiro atoms. The Bertz CT molecular complexity index is 601. The van der Waals surface area contributed by atoms with Gasteiger partial charge in [0.15, 0.2) is 0 Å². The Kier molecular flexibility index (Phi) is 3.21. The van der Waals surface area contributed by atoms with Crippen LogP contribution in [0, 0.1) is 11.3 Å². The highest BCUT2D eigenvalue weighted by Gasteiger charge is 2.09. The summed E-state index contributed by atoms with van der Waals surface area (Å²) in [6.45, 7) is 1.88. The second kappa shape index (κ2) is 4.65. The van der Waals surface area contributed by atoms with E-state index in [2.05, 4.69) is 6.07 Å². The van der Waals surface area contributed by atoms with Crippen LogP contribution in [-0.4, -0.2) is 7.11 Å². The normalized spacial score (nSPS) is 12.1. The number of nitriles is 1. The molecule has 17 heavy (non-hydrogen) atoms. The number of hydrogen-bond acceptors (Lipinski definition) is 2. The minimum Gasteiger partial charge on any atom is -0.495 e. The number of fused-ring (bicyclic) bond motifs is 1. The summed E-state index contributed by atoms with van der Waals surface area (Å²) in [5, 5.41) is 11.5. The van der Waals surface area contributed by atoms with E-state index in [0.717, 1.165) is 16.3 Å². The molecule has 0 amide bonds. The Morgan fingerprint density at radius 2 is 2.06 bits per heavy atom. The Morgan fingerprint density at radius 3 is 2.71 bits per heavy atom. The lowest BCUT2D eigenvalue weighted by Gasteiger charge is -2.09. The summed E-state index contributed by atoms with van der Waals surface area (Å²) >= 11 is 6.22. The highest BCUT2D eigenvalue weighted by Crippen LogP contribution is 2.33. The van der Waals surface area contributed by atoms with Crippen molar-refractivity contribution in [3.8, 4) is 11.8 Å². The van der Waals surface area contributed by atoms with Gasteiger partial charge in [-0.15, -0.1) is 0 Å². The number of nitrogens with zero attached hydrogens (tertiary/aromatic N) is 1. The van der Waals surface area contributed by atoms with Crippen LogP contribution in [0.3, 0.4) is 0 Å². The standard InChI is InChI=1S/C14H12ClNO/c1-9(8-16)10-3-5-12-11(7-10)4-6-13(17-2)14(12)15/h3-7,9H,1-2H3. The van der Waals surface area contributed by atoms with Crippen LogP contribution >= 0.6 is 11.6 Å². The largest absolute Gasteiger partial charge is 0.495 e. The molecule has 0 radical (unpaired) electrons. The molecule has 1 unspecified atom stereocenters. The molecule has 0 bridgehead atoms. The SMILES string of the molecule is COc1ccc2cc(C(C)C#N)ccc2c1Cl. The van der Waals surface area contributed by atoms with Crippen LogP contribution in [-0.2, 0) is 0 Å². The number of methoxy groups -OCH3 is 1. The molecule has 0 aliphatic carbocycles. The third-order valence-electron chi connectivity index (χ3n) is 2.86. The second-order valence-electron chi connectivity index (χ2n) is 3.91. The molecule has 86 valence electrons. The minimum atomic E-state index is -0.111. The van der Waals surface area contributed by atoms with Crippen molar-refractivity contribution in [3.05, 3.63) is 40.9 Å². The molecule has 2 rings (SSSR count). The van der Waals surface area contributed by atoms with Gasteiger partial charge in [0.2, 0.25) is 0 Å². The van der Waals surface area contributed by atoms with Crippen LogP contribution in [0.15, 0.2) is 30.3 Å². The van der Waals surface area contributed by atoms with Crippen molar-refractivity contribution in [2.45, 2.75) is 12.8 Å². The van der Waals surface area contributed by atoms with Crippen LogP contribution in [0.1, 0.15) is 18.4 Å². The van der Waals surface area contributed by atoms with E-state index in [0.29, 0.717) is 10.8 Å². The number of rotatable bonds is 2. The molecule has 3 heteroatoms. The molecule has 1 atom stereocenters. The lowest BCUT2D eigenvalue weighted by molar-refractivity contribution is 0.415. The maximum Gasteiger partial charge on any atom is 0.138 e. The third kappa shape index (κ3) is 2.07. The van der Waals surface area contributed by atoms with Crippen LogP contribution in [0.5, 0.6) is 5.75 Å². The summed E-state index contributed by atoms with van der Waals surface area (Å²) in [7, 11) is 1.60. The van der Waals surface area contributed by atoms with Crippen LogP contribution in [0.4, 0.5) is 0 Å². The molecule has 0 saturated heterocycles. The van der Waals surface area contributed by atoms with E-state index >= 15 is 0 Å². The van der Waals surface area contributed by atoms with Crippen molar-refractivity contribution in [1.29, 1.82) is 5.26 Å². The van der Waals surface area contributed by atoms with Gasteiger partial charge in [-0.3, -0.25) is 0 Å². The molecule has 0 saturated carbocycles. The molecule has 2 aromatic rings. The molecular weight excluding hydrogens is 234 g/mol. The van der Waals surface area contributed by atoms with Crippen LogP contribution in [0.2, 0.25) is 5.02 Å². The Hall–Kier alpha value is -1.72. The van der Waals surface area contributed by atoms with E-state index in [-0.39, 0.29) is 5.92 Å². The predicted molar refractivity (Wildman–Crippen MR) is 69.5 cm³/mol. The van der Waals surface area contributed by atoms with Gasteiger partial charge in [-0.2, -0.15) is 5.26 Å². The second-order valence-corrected chi connectivity index (χ2v) is 4.29. The van der Waals surface area contributed by atoms with E-state index in [1.54, 1.807) is 7.11 Å². The van der Waals surface area contributed by atoms with E-state index < -0.39 is 0 Å². The van der Waals surface area contributed by atoms with Gasteiger partial charge in [-0.1, -0.05) is 29.8 Å². The zero-order valence-electron chi connectivity index (χ0n) is 9.70. The topological polar surface area (TPSA) is 33.0 Å². The fraction of sp³-hybridized carbons (Fsp3) is 0.214. The number of halogens is 1. The van der Waals surface area contributed by atoms with Gasteiger partial charge >= 0.3 is 0 Å². The highest BCUT2D eigenvalue weighted by molar-refractivity contribution is 6.37.